The molecule has 4 rings (SSSR count). The van der Waals surface area contributed by atoms with Gasteiger partial charge in [-0.1, -0.05) is 36.0 Å². The summed E-state index contributed by atoms with van der Waals surface area (Å²) in [5.74, 6) is 0.00882. The molecule has 8 heteroatoms. The second-order valence-electron chi connectivity index (χ2n) is 6.35. The van der Waals surface area contributed by atoms with Crippen molar-refractivity contribution in [1.29, 1.82) is 0 Å². The molecule has 1 atom stereocenters. The number of hydrogen-bond acceptors (Lipinski definition) is 7. The summed E-state index contributed by atoms with van der Waals surface area (Å²) in [5, 5.41) is 18.3. The van der Waals surface area contributed by atoms with Crippen LogP contribution in [-0.2, 0) is 24.5 Å². The van der Waals surface area contributed by atoms with E-state index in [1.165, 1.54) is 34.2 Å². The van der Waals surface area contributed by atoms with Crippen LogP contribution in [-0.4, -0.2) is 32.9 Å². The molecule has 0 bridgehead atoms. The molecule has 0 aliphatic carbocycles. The van der Waals surface area contributed by atoms with Gasteiger partial charge in [-0.2, -0.15) is 0 Å². The number of fused-ring (bicyclic) bond motifs is 1. The number of rotatable bonds is 5. The largest absolute Gasteiger partial charge is 0.389 e. The van der Waals surface area contributed by atoms with Crippen LogP contribution in [0.4, 0.5) is 0 Å². The van der Waals surface area contributed by atoms with Crippen LogP contribution >= 0.6 is 23.1 Å². The lowest BCUT2D eigenvalue weighted by molar-refractivity contribution is -0.122. The minimum Gasteiger partial charge on any atom is -0.389 e. The monoisotopic (exact) mass is 388 g/mol. The molecular weight excluding hydrogens is 368 g/mol. The molecule has 2 aliphatic heterocycles. The average Bonchev–Trinajstić information content (AvgIpc) is 3.32. The second kappa shape index (κ2) is 7.40. The Kier molecular flexibility index (Phi) is 4.99. The first-order valence-electron chi connectivity index (χ1n) is 8.40. The van der Waals surface area contributed by atoms with Crippen LogP contribution in [0.5, 0.6) is 0 Å². The zero-order valence-corrected chi connectivity index (χ0v) is 16.0. The molecule has 0 saturated heterocycles. The van der Waals surface area contributed by atoms with Crippen LogP contribution in [0.1, 0.15) is 26.7 Å². The van der Waals surface area contributed by atoms with Gasteiger partial charge in [-0.05, 0) is 23.5 Å². The van der Waals surface area contributed by atoms with Gasteiger partial charge in [0.15, 0.2) is 5.50 Å². The minimum absolute atomic E-state index is 0.00882. The summed E-state index contributed by atoms with van der Waals surface area (Å²) in [5.41, 5.74) is 4.27. The van der Waals surface area contributed by atoms with E-state index < -0.39 is 0 Å². The zero-order chi connectivity index (χ0) is 18.1. The number of nitrogens with one attached hydrogen (secondary N) is 2. The van der Waals surface area contributed by atoms with Crippen molar-refractivity contribution in [2.75, 3.05) is 6.54 Å². The number of aliphatic hydroxyl groups is 1. The molecule has 2 aliphatic rings. The third kappa shape index (κ3) is 3.64. The van der Waals surface area contributed by atoms with Gasteiger partial charge in [0.25, 0.3) is 0 Å². The molecule has 0 spiro atoms. The number of nitrogens with zero attached hydrogens (tertiary/aromatic N) is 2. The lowest BCUT2D eigenvalue weighted by Crippen LogP contribution is -2.43. The lowest BCUT2D eigenvalue weighted by Gasteiger charge is -2.18. The fourth-order valence-electron chi connectivity index (χ4n) is 3.21. The Balaban J connectivity index is 1.29. The third-order valence-electron chi connectivity index (χ3n) is 4.39. The molecule has 6 nitrogen and oxygen atoms in total. The first-order valence-corrected chi connectivity index (χ1v) is 10.2. The Hall–Kier alpha value is -1.87. The van der Waals surface area contributed by atoms with Gasteiger partial charge in [0, 0.05) is 13.1 Å². The number of aromatic nitrogens is 1. The fraction of sp³-hybridized carbons (Fsp3) is 0.333. The molecule has 1 unspecified atom stereocenters. The van der Waals surface area contributed by atoms with E-state index in [-0.39, 0.29) is 18.0 Å². The molecule has 1 amide bonds. The normalized spacial score (nSPS) is 19.2. The van der Waals surface area contributed by atoms with E-state index in [0.717, 1.165) is 29.4 Å². The van der Waals surface area contributed by atoms with Gasteiger partial charge >= 0.3 is 0 Å². The summed E-state index contributed by atoms with van der Waals surface area (Å²) in [7, 11) is 0. The number of aliphatic hydroxyl groups excluding tert-OH is 1. The van der Waals surface area contributed by atoms with Crippen LogP contribution in [0.15, 0.2) is 29.7 Å². The van der Waals surface area contributed by atoms with Gasteiger partial charge in [-0.25, -0.2) is 4.98 Å². The number of amides is 1. The summed E-state index contributed by atoms with van der Waals surface area (Å²) < 4.78 is 0. The highest BCUT2D eigenvalue weighted by Crippen LogP contribution is 2.32. The smallest absolute Gasteiger partial charge is 0.236 e. The molecule has 2 aromatic rings. The Labute approximate surface area is 160 Å². The van der Waals surface area contributed by atoms with Crippen molar-refractivity contribution >= 4 is 34.7 Å². The first-order chi connectivity index (χ1) is 12.6. The highest BCUT2D eigenvalue weighted by atomic mass is 32.2. The molecule has 3 N–H and O–H groups in total. The van der Waals surface area contributed by atoms with E-state index in [4.69, 9.17) is 0 Å². The van der Waals surface area contributed by atoms with Gasteiger partial charge < -0.3 is 15.7 Å². The Morgan fingerprint density at radius 3 is 2.77 bits per heavy atom. The molecular formula is C18H20N4O2S2. The number of thioether (sulfide) groups is 1. The summed E-state index contributed by atoms with van der Waals surface area (Å²) >= 11 is 3.01. The van der Waals surface area contributed by atoms with Crippen molar-refractivity contribution in [3.05, 3.63) is 56.4 Å². The van der Waals surface area contributed by atoms with Crippen LogP contribution in [0.3, 0.4) is 0 Å². The molecule has 0 radical (unpaired) electrons. The highest BCUT2D eigenvalue weighted by molar-refractivity contribution is 8.03. The maximum atomic E-state index is 12.4. The molecule has 0 saturated carbocycles. The van der Waals surface area contributed by atoms with Crippen molar-refractivity contribution in [2.24, 2.45) is 0 Å². The topological polar surface area (TPSA) is 77.5 Å². The summed E-state index contributed by atoms with van der Waals surface area (Å²) in [4.78, 5) is 19.9. The van der Waals surface area contributed by atoms with Crippen molar-refractivity contribution in [1.82, 2.24) is 20.5 Å². The average molecular weight is 389 g/mol. The van der Waals surface area contributed by atoms with Crippen LogP contribution < -0.4 is 10.6 Å². The van der Waals surface area contributed by atoms with Crippen LogP contribution in [0, 0.1) is 6.92 Å². The molecule has 1 aromatic heterocycles. The standard InChI is InChI=1S/C18H20N4O2S2/c1-11-17(26-16(9-23)19-11)14-10-25-18(20-14)21-15(24)8-22-6-12-4-2-3-5-13(12)7-22/h2-5,10,18,20,23H,6-9H2,1H3,(H,21,24). The molecule has 0 fully saturated rings. The van der Waals surface area contributed by atoms with E-state index in [0.29, 0.717) is 11.6 Å². The van der Waals surface area contributed by atoms with E-state index in [2.05, 4.69) is 32.7 Å². The Bertz CT molecular complexity index is 840. The number of hydrogen-bond donors (Lipinski definition) is 3. The molecule has 3 heterocycles. The second-order valence-corrected chi connectivity index (χ2v) is 8.42. The number of thiazole rings is 1. The maximum Gasteiger partial charge on any atom is 0.236 e. The van der Waals surface area contributed by atoms with Crippen molar-refractivity contribution in [3.8, 4) is 0 Å². The Morgan fingerprint density at radius 2 is 2.12 bits per heavy atom. The molecule has 26 heavy (non-hydrogen) atoms. The summed E-state index contributed by atoms with van der Waals surface area (Å²) in [6.45, 7) is 3.90. The fourth-order valence-corrected chi connectivity index (χ4v) is 5.05. The van der Waals surface area contributed by atoms with Gasteiger partial charge in [0.1, 0.15) is 5.01 Å². The Morgan fingerprint density at radius 1 is 1.38 bits per heavy atom. The molecule has 1 aromatic carbocycles. The third-order valence-corrected chi connectivity index (χ3v) is 6.45. The van der Waals surface area contributed by atoms with Crippen molar-refractivity contribution < 1.29 is 9.90 Å². The number of aryl methyl sites for hydroxylation is 1. The first kappa shape index (κ1) is 17.5. The van der Waals surface area contributed by atoms with Crippen molar-refractivity contribution in [2.45, 2.75) is 32.1 Å². The van der Waals surface area contributed by atoms with Gasteiger partial charge in [-0.15, -0.1) is 11.3 Å². The van der Waals surface area contributed by atoms with Crippen LogP contribution in [0.2, 0.25) is 0 Å². The zero-order valence-electron chi connectivity index (χ0n) is 14.4. The lowest BCUT2D eigenvalue weighted by atomic mass is 10.1. The van der Waals surface area contributed by atoms with Crippen molar-refractivity contribution in [3.63, 3.8) is 0 Å². The SMILES string of the molecule is Cc1nc(CO)sc1C1=CSC(NC(=O)CN2Cc3ccccc3C2)N1. The van der Waals surface area contributed by atoms with Crippen LogP contribution in [0.25, 0.3) is 5.70 Å². The summed E-state index contributed by atoms with van der Waals surface area (Å²) in [6.07, 6.45) is 0. The maximum absolute atomic E-state index is 12.4. The quantitative estimate of drug-likeness (QED) is 0.727. The highest BCUT2D eigenvalue weighted by Gasteiger charge is 2.25. The number of benzene rings is 1. The minimum atomic E-state index is -0.179. The number of carbonyl (C=O) groups is 1. The van der Waals surface area contributed by atoms with Gasteiger partial charge in [-0.3, -0.25) is 9.69 Å². The van der Waals surface area contributed by atoms with E-state index >= 15 is 0 Å². The van der Waals surface area contributed by atoms with Gasteiger partial charge in [0.05, 0.1) is 29.4 Å². The van der Waals surface area contributed by atoms with E-state index in [1.54, 1.807) is 0 Å². The van der Waals surface area contributed by atoms with Gasteiger partial charge in [0.2, 0.25) is 5.91 Å². The van der Waals surface area contributed by atoms with E-state index in [1.807, 2.05) is 24.5 Å². The number of carbonyl (C=O) groups excluding carboxylic acids is 1. The van der Waals surface area contributed by atoms with E-state index in [9.17, 15) is 9.90 Å². The predicted molar refractivity (Wildman–Crippen MR) is 104 cm³/mol. The summed E-state index contributed by atoms with van der Waals surface area (Å²) in [6, 6.07) is 8.32. The predicted octanol–water partition coefficient (Wildman–Crippen LogP) is 1.99. The molecule has 136 valence electrons.